The lowest BCUT2D eigenvalue weighted by molar-refractivity contribution is 0.0520. The maximum atomic E-state index is 11.9. The molecule has 0 saturated heterocycles. The Morgan fingerprint density at radius 2 is 2.05 bits per heavy atom. The van der Waals surface area contributed by atoms with Gasteiger partial charge in [0.15, 0.2) is 5.69 Å². The van der Waals surface area contributed by atoms with E-state index in [-0.39, 0.29) is 12.3 Å². The summed E-state index contributed by atoms with van der Waals surface area (Å²) in [6.07, 6.45) is 0. The standard InChI is InChI=1S/C14H17N3O3/c1-5-20-14(18)12-11(15-17-16-12)10-7-8(2)6-9(3)13(10)19-4/h6-7H,5H2,1-4H3,(H,15,16,17). The molecule has 1 N–H and O–H groups in total. The summed E-state index contributed by atoms with van der Waals surface area (Å²) in [5.74, 6) is 0.174. The van der Waals surface area contributed by atoms with Crippen LogP contribution in [0, 0.1) is 13.8 Å². The Kier molecular flexibility index (Phi) is 4.02. The average molecular weight is 275 g/mol. The number of nitrogens with one attached hydrogen (secondary N) is 1. The van der Waals surface area contributed by atoms with Gasteiger partial charge in [0.05, 0.1) is 13.7 Å². The Hall–Kier alpha value is -2.37. The summed E-state index contributed by atoms with van der Waals surface area (Å²) in [5, 5.41) is 10.4. The fourth-order valence-corrected chi connectivity index (χ4v) is 2.16. The number of hydrogen-bond acceptors (Lipinski definition) is 5. The van der Waals surface area contributed by atoms with Gasteiger partial charge in [-0.05, 0) is 38.0 Å². The monoisotopic (exact) mass is 275 g/mol. The van der Waals surface area contributed by atoms with Crippen molar-refractivity contribution in [3.05, 3.63) is 29.0 Å². The predicted octanol–water partition coefficient (Wildman–Crippen LogP) is 2.27. The highest BCUT2D eigenvalue weighted by atomic mass is 16.5. The first kappa shape index (κ1) is 14.0. The van der Waals surface area contributed by atoms with E-state index in [1.165, 1.54) is 0 Å². The van der Waals surface area contributed by atoms with Crippen molar-refractivity contribution in [3.8, 4) is 17.0 Å². The number of aryl methyl sites for hydroxylation is 2. The van der Waals surface area contributed by atoms with Crippen LogP contribution in [0.1, 0.15) is 28.5 Å². The summed E-state index contributed by atoms with van der Waals surface area (Å²) >= 11 is 0. The van der Waals surface area contributed by atoms with E-state index in [9.17, 15) is 4.79 Å². The summed E-state index contributed by atoms with van der Waals surface area (Å²) in [7, 11) is 1.59. The highest BCUT2D eigenvalue weighted by Gasteiger charge is 2.22. The Bertz CT molecular complexity index is 635. The third-order valence-corrected chi connectivity index (χ3v) is 2.89. The molecule has 0 atom stereocenters. The molecule has 1 aromatic carbocycles. The maximum Gasteiger partial charge on any atom is 0.361 e. The van der Waals surface area contributed by atoms with Crippen LogP contribution in [0.25, 0.3) is 11.3 Å². The van der Waals surface area contributed by atoms with Crippen molar-refractivity contribution in [2.24, 2.45) is 0 Å². The van der Waals surface area contributed by atoms with Crippen molar-refractivity contribution in [2.75, 3.05) is 13.7 Å². The van der Waals surface area contributed by atoms with E-state index in [0.717, 1.165) is 16.7 Å². The largest absolute Gasteiger partial charge is 0.496 e. The Morgan fingerprint density at radius 3 is 2.70 bits per heavy atom. The van der Waals surface area contributed by atoms with Gasteiger partial charge in [-0.1, -0.05) is 6.07 Å². The Labute approximate surface area is 117 Å². The van der Waals surface area contributed by atoms with E-state index in [4.69, 9.17) is 9.47 Å². The van der Waals surface area contributed by atoms with Gasteiger partial charge in [-0.3, -0.25) is 0 Å². The molecule has 2 aromatic rings. The van der Waals surface area contributed by atoms with Crippen molar-refractivity contribution < 1.29 is 14.3 Å². The van der Waals surface area contributed by atoms with Crippen LogP contribution in [0.4, 0.5) is 0 Å². The Morgan fingerprint density at radius 1 is 1.30 bits per heavy atom. The molecule has 0 aliphatic carbocycles. The fourth-order valence-electron chi connectivity index (χ4n) is 2.16. The molecule has 0 radical (unpaired) electrons. The van der Waals surface area contributed by atoms with Gasteiger partial charge >= 0.3 is 5.97 Å². The molecule has 1 heterocycles. The SMILES string of the molecule is CCOC(=O)c1n[nH]nc1-c1cc(C)cc(C)c1OC. The van der Waals surface area contributed by atoms with Gasteiger partial charge in [-0.25, -0.2) is 4.79 Å². The van der Waals surface area contributed by atoms with E-state index < -0.39 is 5.97 Å². The number of aromatic amines is 1. The maximum absolute atomic E-state index is 11.9. The molecule has 6 nitrogen and oxygen atoms in total. The number of H-pyrrole nitrogens is 1. The molecule has 0 spiro atoms. The van der Waals surface area contributed by atoms with Gasteiger partial charge in [0.1, 0.15) is 11.4 Å². The molecule has 0 unspecified atom stereocenters. The first-order valence-corrected chi connectivity index (χ1v) is 6.32. The number of nitrogens with zero attached hydrogens (tertiary/aromatic N) is 2. The van der Waals surface area contributed by atoms with Crippen LogP contribution < -0.4 is 4.74 Å². The van der Waals surface area contributed by atoms with Crippen molar-refractivity contribution >= 4 is 5.97 Å². The van der Waals surface area contributed by atoms with Gasteiger partial charge in [0.25, 0.3) is 0 Å². The molecule has 0 saturated carbocycles. The van der Waals surface area contributed by atoms with Gasteiger partial charge in [0.2, 0.25) is 0 Å². The van der Waals surface area contributed by atoms with Crippen LogP contribution in [0.2, 0.25) is 0 Å². The van der Waals surface area contributed by atoms with Crippen LogP contribution in [0.5, 0.6) is 5.75 Å². The number of aromatic nitrogens is 3. The van der Waals surface area contributed by atoms with Crippen molar-refractivity contribution in [1.82, 2.24) is 15.4 Å². The molecule has 0 aliphatic heterocycles. The fraction of sp³-hybridized carbons (Fsp3) is 0.357. The summed E-state index contributed by atoms with van der Waals surface area (Å²) in [6, 6.07) is 3.92. The second kappa shape index (κ2) is 5.73. The molecule has 1 aromatic heterocycles. The highest BCUT2D eigenvalue weighted by molar-refractivity contribution is 5.95. The minimum atomic E-state index is -0.502. The van der Waals surface area contributed by atoms with Crippen molar-refractivity contribution in [3.63, 3.8) is 0 Å². The molecule has 0 bridgehead atoms. The zero-order valence-electron chi connectivity index (χ0n) is 12.0. The average Bonchev–Trinajstić information content (AvgIpc) is 2.87. The van der Waals surface area contributed by atoms with E-state index in [0.29, 0.717) is 11.4 Å². The van der Waals surface area contributed by atoms with Crippen LogP contribution in [0.3, 0.4) is 0 Å². The van der Waals surface area contributed by atoms with E-state index in [1.807, 2.05) is 26.0 Å². The first-order valence-electron chi connectivity index (χ1n) is 6.32. The Balaban J connectivity index is 2.58. The molecule has 106 valence electrons. The summed E-state index contributed by atoms with van der Waals surface area (Å²) in [6.45, 7) is 5.95. The third-order valence-electron chi connectivity index (χ3n) is 2.89. The summed E-state index contributed by atoms with van der Waals surface area (Å²) < 4.78 is 10.4. The summed E-state index contributed by atoms with van der Waals surface area (Å²) in [5.41, 5.74) is 3.35. The smallest absolute Gasteiger partial charge is 0.361 e. The lowest BCUT2D eigenvalue weighted by Crippen LogP contribution is -2.07. The summed E-state index contributed by atoms with van der Waals surface area (Å²) in [4.78, 5) is 11.9. The van der Waals surface area contributed by atoms with Gasteiger partial charge in [-0.2, -0.15) is 10.3 Å². The topological polar surface area (TPSA) is 77.1 Å². The van der Waals surface area contributed by atoms with Crippen LogP contribution >= 0.6 is 0 Å². The lowest BCUT2D eigenvalue weighted by atomic mass is 10.0. The molecular formula is C14H17N3O3. The van der Waals surface area contributed by atoms with Crippen LogP contribution in [-0.2, 0) is 4.74 Å². The minimum absolute atomic E-state index is 0.162. The number of carbonyl (C=O) groups excluding carboxylic acids is 1. The number of rotatable bonds is 4. The van der Waals surface area contributed by atoms with Crippen LogP contribution in [-0.4, -0.2) is 35.1 Å². The number of esters is 1. The van der Waals surface area contributed by atoms with Crippen LogP contribution in [0.15, 0.2) is 12.1 Å². The second-order valence-electron chi connectivity index (χ2n) is 4.40. The van der Waals surface area contributed by atoms with Gasteiger partial charge in [-0.15, -0.1) is 5.10 Å². The zero-order chi connectivity index (χ0) is 14.7. The van der Waals surface area contributed by atoms with Crippen molar-refractivity contribution in [2.45, 2.75) is 20.8 Å². The molecule has 0 fully saturated rings. The first-order chi connectivity index (χ1) is 9.58. The minimum Gasteiger partial charge on any atom is -0.496 e. The normalized spacial score (nSPS) is 10.4. The number of methoxy groups -OCH3 is 1. The lowest BCUT2D eigenvalue weighted by Gasteiger charge is -2.11. The highest BCUT2D eigenvalue weighted by Crippen LogP contribution is 2.34. The predicted molar refractivity (Wildman–Crippen MR) is 73.8 cm³/mol. The number of benzene rings is 1. The molecule has 6 heteroatoms. The molecular weight excluding hydrogens is 258 g/mol. The van der Waals surface area contributed by atoms with Gasteiger partial charge in [0, 0.05) is 5.56 Å². The molecule has 2 rings (SSSR count). The van der Waals surface area contributed by atoms with Crippen molar-refractivity contribution in [1.29, 1.82) is 0 Å². The van der Waals surface area contributed by atoms with E-state index in [2.05, 4.69) is 15.4 Å². The number of carbonyl (C=O) groups is 1. The van der Waals surface area contributed by atoms with Gasteiger partial charge < -0.3 is 9.47 Å². The third kappa shape index (κ3) is 2.49. The molecule has 0 amide bonds. The molecule has 0 aliphatic rings. The number of ether oxygens (including phenoxy) is 2. The van der Waals surface area contributed by atoms with E-state index >= 15 is 0 Å². The van der Waals surface area contributed by atoms with E-state index in [1.54, 1.807) is 14.0 Å². The molecule has 20 heavy (non-hydrogen) atoms. The quantitative estimate of drug-likeness (QED) is 0.866. The number of hydrogen-bond donors (Lipinski definition) is 1. The second-order valence-corrected chi connectivity index (χ2v) is 4.40. The zero-order valence-corrected chi connectivity index (χ0v) is 12.0.